The Labute approximate surface area is 142 Å². The van der Waals surface area contributed by atoms with Crippen molar-refractivity contribution in [1.82, 2.24) is 40.7 Å². The van der Waals surface area contributed by atoms with Gasteiger partial charge >= 0.3 is 0 Å². The SMILES string of the molecule is O=C(NCc1cn(Cc2cccnn2)nn1)c1n[nH]c2ccccc12. The van der Waals surface area contributed by atoms with Crippen molar-refractivity contribution >= 4 is 16.8 Å². The minimum absolute atomic E-state index is 0.263. The minimum atomic E-state index is -0.263. The average molecular weight is 334 g/mol. The van der Waals surface area contributed by atoms with Gasteiger partial charge in [-0.25, -0.2) is 4.68 Å². The number of hydrogen-bond donors (Lipinski definition) is 2. The second-order valence-corrected chi connectivity index (χ2v) is 5.42. The Morgan fingerprint density at radius 1 is 1.12 bits per heavy atom. The Morgan fingerprint density at radius 2 is 2.04 bits per heavy atom. The number of hydrogen-bond acceptors (Lipinski definition) is 6. The molecule has 3 heterocycles. The number of amides is 1. The van der Waals surface area contributed by atoms with E-state index in [0.29, 0.717) is 17.9 Å². The minimum Gasteiger partial charge on any atom is -0.345 e. The zero-order chi connectivity index (χ0) is 17.1. The summed E-state index contributed by atoms with van der Waals surface area (Å²) >= 11 is 0. The lowest BCUT2D eigenvalue weighted by atomic mass is 10.2. The van der Waals surface area contributed by atoms with Crippen LogP contribution < -0.4 is 5.32 Å². The number of nitrogens with one attached hydrogen (secondary N) is 2. The third kappa shape index (κ3) is 3.20. The van der Waals surface area contributed by atoms with Crippen molar-refractivity contribution < 1.29 is 4.79 Å². The monoisotopic (exact) mass is 334 g/mol. The molecule has 0 bridgehead atoms. The first-order valence-electron chi connectivity index (χ1n) is 7.66. The number of carbonyl (C=O) groups excluding carboxylic acids is 1. The van der Waals surface area contributed by atoms with Gasteiger partial charge in [0.2, 0.25) is 0 Å². The standard InChI is InChI=1S/C16H14N8O/c25-16(15-13-5-1-2-6-14(13)21-22-15)17-8-12-10-24(23-20-12)9-11-4-3-7-18-19-11/h1-7,10H,8-9H2,(H,17,25)(H,21,22). The molecule has 124 valence electrons. The van der Waals surface area contributed by atoms with E-state index in [1.165, 1.54) is 0 Å². The number of fused-ring (bicyclic) bond motifs is 1. The summed E-state index contributed by atoms with van der Waals surface area (Å²) in [4.78, 5) is 12.3. The summed E-state index contributed by atoms with van der Waals surface area (Å²) in [6, 6.07) is 11.2. The summed E-state index contributed by atoms with van der Waals surface area (Å²) in [7, 11) is 0. The molecule has 3 aromatic heterocycles. The fourth-order valence-electron chi connectivity index (χ4n) is 2.47. The molecule has 0 saturated carbocycles. The van der Waals surface area contributed by atoms with Crippen LogP contribution in [0.15, 0.2) is 48.8 Å². The fraction of sp³-hybridized carbons (Fsp3) is 0.125. The molecule has 2 N–H and O–H groups in total. The second kappa shape index (κ2) is 6.48. The van der Waals surface area contributed by atoms with Crippen LogP contribution in [0.1, 0.15) is 21.9 Å². The van der Waals surface area contributed by atoms with Crippen molar-refractivity contribution in [3.8, 4) is 0 Å². The molecule has 0 fully saturated rings. The second-order valence-electron chi connectivity index (χ2n) is 5.42. The van der Waals surface area contributed by atoms with Crippen molar-refractivity contribution in [2.75, 3.05) is 0 Å². The number of aromatic amines is 1. The van der Waals surface area contributed by atoms with E-state index in [2.05, 4.69) is 36.0 Å². The molecule has 0 radical (unpaired) electrons. The average Bonchev–Trinajstić information content (AvgIpc) is 3.27. The van der Waals surface area contributed by atoms with E-state index in [1.54, 1.807) is 17.1 Å². The van der Waals surface area contributed by atoms with Crippen LogP contribution in [0.4, 0.5) is 0 Å². The first-order valence-corrected chi connectivity index (χ1v) is 7.66. The van der Waals surface area contributed by atoms with E-state index in [9.17, 15) is 4.79 Å². The molecule has 4 aromatic rings. The molecule has 4 rings (SSSR count). The number of nitrogens with zero attached hydrogens (tertiary/aromatic N) is 6. The molecule has 25 heavy (non-hydrogen) atoms. The summed E-state index contributed by atoms with van der Waals surface area (Å²) in [6.45, 7) is 0.735. The molecule has 0 unspecified atom stereocenters. The van der Waals surface area contributed by atoms with Gasteiger partial charge in [-0.1, -0.05) is 23.4 Å². The smallest absolute Gasteiger partial charge is 0.272 e. The highest BCUT2D eigenvalue weighted by atomic mass is 16.1. The van der Waals surface area contributed by atoms with Crippen molar-refractivity contribution in [2.45, 2.75) is 13.1 Å². The molecule has 1 aromatic carbocycles. The van der Waals surface area contributed by atoms with E-state index < -0.39 is 0 Å². The normalized spacial score (nSPS) is 10.9. The van der Waals surface area contributed by atoms with Gasteiger partial charge in [0.15, 0.2) is 5.69 Å². The first kappa shape index (κ1) is 14.9. The number of H-pyrrole nitrogens is 1. The van der Waals surface area contributed by atoms with Crippen molar-refractivity contribution in [3.05, 3.63) is 65.9 Å². The predicted molar refractivity (Wildman–Crippen MR) is 88.4 cm³/mol. The molecule has 9 heteroatoms. The van der Waals surface area contributed by atoms with Gasteiger partial charge in [0.05, 0.1) is 30.5 Å². The summed E-state index contributed by atoms with van der Waals surface area (Å²) in [5.41, 5.74) is 2.62. The molecule has 0 aliphatic rings. The quantitative estimate of drug-likeness (QED) is 0.561. The number of benzene rings is 1. The van der Waals surface area contributed by atoms with Gasteiger partial charge in [0.25, 0.3) is 5.91 Å². The number of aromatic nitrogens is 7. The predicted octanol–water partition coefficient (Wildman–Crippen LogP) is 0.923. The van der Waals surface area contributed by atoms with Crippen LogP contribution in [0, 0.1) is 0 Å². The van der Waals surface area contributed by atoms with Crippen LogP contribution in [0.3, 0.4) is 0 Å². The molecule has 9 nitrogen and oxygen atoms in total. The topological polar surface area (TPSA) is 114 Å². The zero-order valence-electron chi connectivity index (χ0n) is 13.1. The molecular weight excluding hydrogens is 320 g/mol. The number of para-hydroxylation sites is 1. The number of carbonyl (C=O) groups is 1. The Morgan fingerprint density at radius 3 is 2.92 bits per heavy atom. The van der Waals surface area contributed by atoms with E-state index >= 15 is 0 Å². The van der Waals surface area contributed by atoms with Gasteiger partial charge in [0, 0.05) is 11.6 Å². The van der Waals surface area contributed by atoms with Crippen LogP contribution >= 0.6 is 0 Å². The van der Waals surface area contributed by atoms with Gasteiger partial charge in [-0.2, -0.15) is 15.3 Å². The Balaban J connectivity index is 1.41. The molecule has 0 saturated heterocycles. The maximum atomic E-state index is 12.3. The summed E-state index contributed by atoms with van der Waals surface area (Å²) < 4.78 is 1.65. The van der Waals surface area contributed by atoms with Crippen molar-refractivity contribution in [1.29, 1.82) is 0 Å². The van der Waals surface area contributed by atoms with Crippen molar-refractivity contribution in [2.24, 2.45) is 0 Å². The van der Waals surface area contributed by atoms with Crippen molar-refractivity contribution in [3.63, 3.8) is 0 Å². The van der Waals surface area contributed by atoms with Gasteiger partial charge in [0.1, 0.15) is 5.69 Å². The van der Waals surface area contributed by atoms with E-state index in [-0.39, 0.29) is 12.5 Å². The van der Waals surface area contributed by atoms with E-state index in [4.69, 9.17) is 0 Å². The molecule has 0 aliphatic heterocycles. The Bertz CT molecular complexity index is 1010. The van der Waals surface area contributed by atoms with Gasteiger partial charge in [-0.05, 0) is 18.2 Å². The van der Waals surface area contributed by atoms with Crippen LogP contribution in [0.5, 0.6) is 0 Å². The zero-order valence-corrected chi connectivity index (χ0v) is 13.1. The lowest BCUT2D eigenvalue weighted by Gasteiger charge is -2.00. The molecule has 1 amide bonds. The highest BCUT2D eigenvalue weighted by molar-refractivity contribution is 6.04. The van der Waals surface area contributed by atoms with Gasteiger partial charge in [-0.15, -0.1) is 5.10 Å². The van der Waals surface area contributed by atoms with E-state index in [1.807, 2.05) is 36.4 Å². The lowest BCUT2D eigenvalue weighted by molar-refractivity contribution is 0.0947. The van der Waals surface area contributed by atoms with Gasteiger partial charge < -0.3 is 5.32 Å². The van der Waals surface area contributed by atoms with Crippen LogP contribution in [0.25, 0.3) is 10.9 Å². The third-order valence-electron chi connectivity index (χ3n) is 3.65. The molecule has 0 atom stereocenters. The molecule has 0 aliphatic carbocycles. The highest BCUT2D eigenvalue weighted by Gasteiger charge is 2.14. The Hall–Kier alpha value is -3.62. The first-order chi connectivity index (χ1) is 12.3. The third-order valence-corrected chi connectivity index (χ3v) is 3.65. The van der Waals surface area contributed by atoms with E-state index in [0.717, 1.165) is 16.6 Å². The summed E-state index contributed by atoms with van der Waals surface area (Å²) in [5, 5.41) is 26.4. The fourth-order valence-corrected chi connectivity index (χ4v) is 2.47. The lowest BCUT2D eigenvalue weighted by Crippen LogP contribution is -2.23. The van der Waals surface area contributed by atoms with Crippen LogP contribution in [-0.4, -0.2) is 41.3 Å². The summed E-state index contributed by atoms with van der Waals surface area (Å²) in [5.74, 6) is -0.263. The molecular formula is C16H14N8O. The van der Waals surface area contributed by atoms with Crippen LogP contribution in [0.2, 0.25) is 0 Å². The maximum absolute atomic E-state index is 12.3. The maximum Gasteiger partial charge on any atom is 0.272 e. The van der Waals surface area contributed by atoms with Crippen LogP contribution in [-0.2, 0) is 13.1 Å². The highest BCUT2D eigenvalue weighted by Crippen LogP contribution is 2.14. The number of rotatable bonds is 5. The summed E-state index contributed by atoms with van der Waals surface area (Å²) in [6.07, 6.45) is 3.38. The van der Waals surface area contributed by atoms with Gasteiger partial charge in [-0.3, -0.25) is 9.89 Å². The largest absolute Gasteiger partial charge is 0.345 e. The Kier molecular flexibility index (Phi) is 3.87. The molecule has 0 spiro atoms.